The molecule has 5 atom stereocenters. The number of aliphatic carboxylic acids is 1. The van der Waals surface area contributed by atoms with Crippen molar-refractivity contribution in [2.75, 3.05) is 0 Å². The first-order chi connectivity index (χ1) is 14.9. The molecule has 5 unspecified atom stereocenters. The third-order valence-electron chi connectivity index (χ3n) is 4.44. The Balaban J connectivity index is 2.88. The van der Waals surface area contributed by atoms with Crippen molar-refractivity contribution in [3.63, 3.8) is 0 Å². The van der Waals surface area contributed by atoms with Crippen LogP contribution in [0.3, 0.4) is 0 Å². The van der Waals surface area contributed by atoms with Crippen LogP contribution in [0.4, 0.5) is 0 Å². The molecular weight excluding hydrogens is 426 g/mol. The molecule has 32 heavy (non-hydrogen) atoms. The van der Waals surface area contributed by atoms with E-state index in [-0.39, 0.29) is 19.3 Å². The summed E-state index contributed by atoms with van der Waals surface area (Å²) in [5.74, 6) is -4.58. The number of aromatic nitrogens is 2. The van der Waals surface area contributed by atoms with Crippen LogP contribution >= 0.6 is 0 Å². The van der Waals surface area contributed by atoms with Gasteiger partial charge in [-0.2, -0.15) is 0 Å². The van der Waals surface area contributed by atoms with Gasteiger partial charge in [0.05, 0.1) is 18.5 Å². The number of aliphatic hydroxyl groups excluding tert-OH is 1. The number of aliphatic hydroxyl groups is 1. The fourth-order valence-electron chi connectivity index (χ4n) is 2.58. The van der Waals surface area contributed by atoms with Crippen LogP contribution in [-0.4, -0.2) is 80.1 Å². The third kappa shape index (κ3) is 8.69. The fraction of sp³-hybridized carbons (Fsp3) is 0.556. The standard InChI is InChI=1S/C18H29N7O7/c1-8(18(31)32)23-17(30)14(9(2)26)25-16(29)12(3-4-13(20)27)24-15(28)11(19)5-10-6-21-7-22-10/h6-9,11-12,14,26H,3-5,19H2,1-2H3,(H2,20,27)(H,21,22)(H,23,30)(H,24,28)(H,25,29)(H,31,32). The largest absolute Gasteiger partial charge is 0.480 e. The number of imidazole rings is 1. The van der Waals surface area contributed by atoms with Gasteiger partial charge in [-0.25, -0.2) is 4.98 Å². The number of nitrogens with zero attached hydrogens (tertiary/aromatic N) is 1. The second-order valence-electron chi connectivity index (χ2n) is 7.25. The molecule has 4 amide bonds. The number of carbonyl (C=O) groups is 5. The van der Waals surface area contributed by atoms with Crippen molar-refractivity contribution in [2.45, 2.75) is 63.4 Å². The summed E-state index contributed by atoms with van der Waals surface area (Å²) in [7, 11) is 0. The van der Waals surface area contributed by atoms with Crippen molar-refractivity contribution < 1.29 is 34.2 Å². The predicted octanol–water partition coefficient (Wildman–Crippen LogP) is -3.52. The minimum Gasteiger partial charge on any atom is -0.480 e. The number of nitrogens with one attached hydrogen (secondary N) is 4. The average molecular weight is 455 g/mol. The summed E-state index contributed by atoms with van der Waals surface area (Å²) in [4.78, 5) is 66.2. The van der Waals surface area contributed by atoms with Crippen LogP contribution in [0, 0.1) is 0 Å². The van der Waals surface area contributed by atoms with Crippen molar-refractivity contribution >= 4 is 29.6 Å². The highest BCUT2D eigenvalue weighted by Crippen LogP contribution is 2.03. The molecule has 1 aromatic heterocycles. The number of amides is 4. The fourth-order valence-corrected chi connectivity index (χ4v) is 2.58. The zero-order valence-electron chi connectivity index (χ0n) is 17.7. The Bertz CT molecular complexity index is 813. The molecular formula is C18H29N7O7. The first kappa shape index (κ1) is 26.5. The van der Waals surface area contributed by atoms with Crippen molar-refractivity contribution in [1.29, 1.82) is 0 Å². The Kier molecular flexibility index (Phi) is 10.2. The molecule has 0 saturated heterocycles. The molecule has 1 aromatic rings. The summed E-state index contributed by atoms with van der Waals surface area (Å²) < 4.78 is 0. The molecule has 1 rings (SSSR count). The molecule has 0 aromatic carbocycles. The smallest absolute Gasteiger partial charge is 0.325 e. The van der Waals surface area contributed by atoms with E-state index in [1.54, 1.807) is 0 Å². The van der Waals surface area contributed by atoms with E-state index in [0.29, 0.717) is 5.69 Å². The normalized spacial score (nSPS) is 15.5. The molecule has 0 spiro atoms. The van der Waals surface area contributed by atoms with E-state index in [4.69, 9.17) is 16.6 Å². The van der Waals surface area contributed by atoms with Crippen LogP contribution in [0.2, 0.25) is 0 Å². The number of carboxylic acid groups (broad SMARTS) is 1. The summed E-state index contributed by atoms with van der Waals surface area (Å²) >= 11 is 0. The minimum atomic E-state index is -1.52. The summed E-state index contributed by atoms with van der Waals surface area (Å²) in [6, 6.07) is -5.14. The molecule has 178 valence electrons. The second kappa shape index (κ2) is 12.4. The van der Waals surface area contributed by atoms with Crippen LogP contribution in [0.25, 0.3) is 0 Å². The van der Waals surface area contributed by atoms with Crippen LogP contribution < -0.4 is 27.4 Å². The van der Waals surface area contributed by atoms with Crippen LogP contribution in [0.15, 0.2) is 12.5 Å². The zero-order valence-corrected chi connectivity index (χ0v) is 17.7. The quantitative estimate of drug-likeness (QED) is 0.147. The summed E-state index contributed by atoms with van der Waals surface area (Å²) in [6.45, 7) is 2.42. The lowest BCUT2D eigenvalue weighted by atomic mass is 10.1. The first-order valence-electron chi connectivity index (χ1n) is 9.75. The Labute approximate surface area is 183 Å². The number of carbonyl (C=O) groups excluding carboxylic acids is 4. The molecule has 1 heterocycles. The molecule has 0 bridgehead atoms. The Morgan fingerprint density at radius 3 is 2.25 bits per heavy atom. The van der Waals surface area contributed by atoms with E-state index in [1.807, 2.05) is 0 Å². The number of hydrogen-bond acceptors (Lipinski definition) is 8. The number of H-pyrrole nitrogens is 1. The summed E-state index contributed by atoms with van der Waals surface area (Å²) in [6.07, 6.45) is 1.15. The highest BCUT2D eigenvalue weighted by atomic mass is 16.4. The van der Waals surface area contributed by atoms with E-state index in [0.717, 1.165) is 0 Å². The van der Waals surface area contributed by atoms with E-state index in [2.05, 4.69) is 25.9 Å². The number of carboxylic acids is 1. The lowest BCUT2D eigenvalue weighted by molar-refractivity contribution is -0.142. The highest BCUT2D eigenvalue weighted by molar-refractivity contribution is 5.94. The minimum absolute atomic E-state index is 0.0990. The third-order valence-corrected chi connectivity index (χ3v) is 4.44. The van der Waals surface area contributed by atoms with Gasteiger partial charge in [-0.3, -0.25) is 24.0 Å². The monoisotopic (exact) mass is 455 g/mol. The van der Waals surface area contributed by atoms with Crippen LogP contribution in [-0.2, 0) is 30.4 Å². The lowest BCUT2D eigenvalue weighted by Gasteiger charge is -2.26. The van der Waals surface area contributed by atoms with Crippen LogP contribution in [0.1, 0.15) is 32.4 Å². The second-order valence-corrected chi connectivity index (χ2v) is 7.25. The van der Waals surface area contributed by atoms with E-state index < -0.39 is 59.9 Å². The predicted molar refractivity (Wildman–Crippen MR) is 109 cm³/mol. The van der Waals surface area contributed by atoms with Gasteiger partial charge in [-0.05, 0) is 20.3 Å². The zero-order chi connectivity index (χ0) is 24.4. The SMILES string of the molecule is CC(NC(=O)C(NC(=O)C(CCC(N)=O)NC(=O)C(N)Cc1cnc[nH]1)C(C)O)C(=O)O. The van der Waals surface area contributed by atoms with Gasteiger partial charge >= 0.3 is 5.97 Å². The topological polar surface area (TPSA) is 243 Å². The summed E-state index contributed by atoms with van der Waals surface area (Å²) in [5.41, 5.74) is 11.6. The van der Waals surface area contributed by atoms with Gasteiger partial charge in [0.2, 0.25) is 23.6 Å². The van der Waals surface area contributed by atoms with Gasteiger partial charge in [0.1, 0.15) is 18.1 Å². The van der Waals surface area contributed by atoms with E-state index >= 15 is 0 Å². The molecule has 0 aliphatic rings. The van der Waals surface area contributed by atoms with E-state index in [9.17, 15) is 29.1 Å². The number of primary amides is 1. The molecule has 14 heteroatoms. The number of hydrogen-bond donors (Lipinski definition) is 8. The first-order valence-corrected chi connectivity index (χ1v) is 9.75. The maximum Gasteiger partial charge on any atom is 0.325 e. The van der Waals surface area contributed by atoms with Gasteiger partial charge in [0.15, 0.2) is 0 Å². The molecule has 0 aliphatic carbocycles. The Morgan fingerprint density at radius 1 is 1.09 bits per heavy atom. The number of aromatic amines is 1. The molecule has 0 fully saturated rings. The molecule has 14 nitrogen and oxygen atoms in total. The Hall–Kier alpha value is -3.52. The summed E-state index contributed by atoms with van der Waals surface area (Å²) in [5, 5.41) is 25.6. The highest BCUT2D eigenvalue weighted by Gasteiger charge is 2.32. The lowest BCUT2D eigenvalue weighted by Crippen LogP contribution is -2.59. The van der Waals surface area contributed by atoms with Crippen molar-refractivity contribution in [2.24, 2.45) is 11.5 Å². The molecule has 0 radical (unpaired) electrons. The molecule has 0 aliphatic heterocycles. The van der Waals surface area contributed by atoms with Crippen molar-refractivity contribution in [1.82, 2.24) is 25.9 Å². The van der Waals surface area contributed by atoms with Gasteiger partial charge in [0, 0.05) is 24.7 Å². The van der Waals surface area contributed by atoms with Gasteiger partial charge < -0.3 is 42.6 Å². The average Bonchev–Trinajstić information content (AvgIpc) is 3.21. The van der Waals surface area contributed by atoms with Crippen molar-refractivity contribution in [3.8, 4) is 0 Å². The number of nitrogens with two attached hydrogens (primary N) is 2. The van der Waals surface area contributed by atoms with Crippen LogP contribution in [0.5, 0.6) is 0 Å². The van der Waals surface area contributed by atoms with E-state index in [1.165, 1.54) is 26.4 Å². The van der Waals surface area contributed by atoms with Gasteiger partial charge in [-0.15, -0.1) is 0 Å². The van der Waals surface area contributed by atoms with Gasteiger partial charge in [-0.1, -0.05) is 0 Å². The van der Waals surface area contributed by atoms with Crippen molar-refractivity contribution in [3.05, 3.63) is 18.2 Å². The Morgan fingerprint density at radius 2 is 1.75 bits per heavy atom. The molecule has 0 saturated carbocycles. The molecule has 10 N–H and O–H groups in total. The maximum absolute atomic E-state index is 12.7. The maximum atomic E-state index is 12.7. The number of rotatable bonds is 13. The van der Waals surface area contributed by atoms with Gasteiger partial charge in [0.25, 0.3) is 0 Å².